The summed E-state index contributed by atoms with van der Waals surface area (Å²) in [5, 5.41) is 3.27. The minimum Gasteiger partial charge on any atom is -0.377 e. The maximum Gasteiger partial charge on any atom is 0.158 e. The molecule has 20 heavy (non-hydrogen) atoms. The number of aromatic nitrogens is 2. The van der Waals surface area contributed by atoms with Crippen LogP contribution in [-0.2, 0) is 11.3 Å². The predicted molar refractivity (Wildman–Crippen MR) is 82.1 cm³/mol. The Bertz CT molecular complexity index is 413. The number of piperidine rings is 1. The summed E-state index contributed by atoms with van der Waals surface area (Å²) < 4.78 is 5.17. The molecule has 1 aromatic heterocycles. The summed E-state index contributed by atoms with van der Waals surface area (Å²) in [6.45, 7) is 10.2. The average molecular weight is 278 g/mol. The number of hydrogen-bond acceptors (Lipinski definition) is 5. The molecule has 1 aromatic rings. The Labute approximate surface area is 121 Å². The van der Waals surface area contributed by atoms with E-state index < -0.39 is 0 Å². The van der Waals surface area contributed by atoms with Crippen LogP contribution in [0.5, 0.6) is 0 Å². The van der Waals surface area contributed by atoms with Crippen molar-refractivity contribution in [3.05, 3.63) is 11.9 Å². The summed E-state index contributed by atoms with van der Waals surface area (Å²) in [6.07, 6.45) is 2.40. The molecule has 5 heteroatoms. The van der Waals surface area contributed by atoms with E-state index in [0.29, 0.717) is 12.0 Å². The van der Waals surface area contributed by atoms with Crippen molar-refractivity contribution in [2.45, 2.75) is 40.2 Å². The molecule has 0 aromatic carbocycles. The van der Waals surface area contributed by atoms with Gasteiger partial charge in [-0.15, -0.1) is 0 Å². The van der Waals surface area contributed by atoms with E-state index in [1.54, 1.807) is 7.11 Å². The Morgan fingerprint density at radius 1 is 1.30 bits per heavy atom. The van der Waals surface area contributed by atoms with Gasteiger partial charge in [-0.2, -0.15) is 0 Å². The Balaban J connectivity index is 2.17. The summed E-state index contributed by atoms with van der Waals surface area (Å²) >= 11 is 0. The van der Waals surface area contributed by atoms with Crippen LogP contribution < -0.4 is 10.2 Å². The van der Waals surface area contributed by atoms with E-state index in [4.69, 9.17) is 4.74 Å². The largest absolute Gasteiger partial charge is 0.377 e. The van der Waals surface area contributed by atoms with Crippen LogP contribution in [0.15, 0.2) is 6.07 Å². The van der Waals surface area contributed by atoms with Crippen LogP contribution in [0.1, 0.15) is 39.4 Å². The normalized spacial score (nSPS) is 18.1. The van der Waals surface area contributed by atoms with Crippen LogP contribution in [0.4, 0.5) is 11.6 Å². The molecule has 1 N–H and O–H groups in total. The lowest BCUT2D eigenvalue weighted by molar-refractivity contribution is 0.178. The van der Waals surface area contributed by atoms with Crippen molar-refractivity contribution in [1.82, 2.24) is 9.97 Å². The minimum absolute atomic E-state index is 0.448. The highest BCUT2D eigenvalue weighted by Crippen LogP contribution is 2.32. The molecule has 0 unspecified atom stereocenters. The lowest BCUT2D eigenvalue weighted by Crippen LogP contribution is -2.38. The van der Waals surface area contributed by atoms with Crippen LogP contribution >= 0.6 is 0 Å². The van der Waals surface area contributed by atoms with Gasteiger partial charge in [0.15, 0.2) is 5.82 Å². The molecule has 2 rings (SSSR count). The van der Waals surface area contributed by atoms with E-state index in [1.165, 1.54) is 12.8 Å². The third kappa shape index (κ3) is 3.82. The molecular weight excluding hydrogens is 252 g/mol. The van der Waals surface area contributed by atoms with Crippen molar-refractivity contribution in [3.8, 4) is 0 Å². The highest BCUT2D eigenvalue weighted by atomic mass is 16.5. The fourth-order valence-electron chi connectivity index (χ4n) is 2.45. The molecule has 2 heterocycles. The minimum atomic E-state index is 0.448. The van der Waals surface area contributed by atoms with Gasteiger partial charge in [-0.25, -0.2) is 9.97 Å². The number of nitrogens with one attached hydrogen (secondary N) is 1. The van der Waals surface area contributed by atoms with Crippen molar-refractivity contribution < 1.29 is 4.74 Å². The highest BCUT2D eigenvalue weighted by Gasteiger charge is 2.26. The molecule has 112 valence electrons. The van der Waals surface area contributed by atoms with E-state index in [2.05, 4.69) is 41.0 Å². The lowest BCUT2D eigenvalue weighted by atomic mass is 9.83. The number of methoxy groups -OCH3 is 1. The third-order valence-electron chi connectivity index (χ3n) is 3.83. The van der Waals surface area contributed by atoms with E-state index >= 15 is 0 Å². The van der Waals surface area contributed by atoms with Gasteiger partial charge < -0.3 is 15.0 Å². The summed E-state index contributed by atoms with van der Waals surface area (Å²) in [5.74, 6) is 2.64. The molecule has 0 atom stereocenters. The lowest BCUT2D eigenvalue weighted by Gasteiger charge is -2.37. The van der Waals surface area contributed by atoms with Gasteiger partial charge in [-0.05, 0) is 25.2 Å². The maximum atomic E-state index is 5.17. The second kappa shape index (κ2) is 6.39. The van der Waals surface area contributed by atoms with Crippen LogP contribution in [-0.4, -0.2) is 36.7 Å². The molecule has 5 nitrogen and oxygen atoms in total. The fourth-order valence-corrected chi connectivity index (χ4v) is 2.45. The Morgan fingerprint density at radius 2 is 2.00 bits per heavy atom. The van der Waals surface area contributed by atoms with Crippen molar-refractivity contribution in [2.24, 2.45) is 5.41 Å². The molecular formula is C15H26N4O. The van der Waals surface area contributed by atoms with Gasteiger partial charge >= 0.3 is 0 Å². The van der Waals surface area contributed by atoms with Crippen molar-refractivity contribution in [1.29, 1.82) is 0 Å². The van der Waals surface area contributed by atoms with E-state index in [0.717, 1.165) is 37.1 Å². The first kappa shape index (κ1) is 15.0. The number of anilines is 2. The average Bonchev–Trinajstić information content (AvgIpc) is 2.39. The fraction of sp³-hybridized carbons (Fsp3) is 0.733. The molecule has 0 aliphatic carbocycles. The molecule has 1 aliphatic heterocycles. The van der Waals surface area contributed by atoms with Crippen LogP contribution in [0, 0.1) is 5.41 Å². The summed E-state index contributed by atoms with van der Waals surface area (Å²) in [6, 6.07) is 2.04. The number of ether oxygens (including phenoxy) is 1. The van der Waals surface area contributed by atoms with Gasteiger partial charge in [-0.3, -0.25) is 0 Å². The molecule has 1 saturated heterocycles. The van der Waals surface area contributed by atoms with Gasteiger partial charge in [0.2, 0.25) is 0 Å². The molecule has 0 amide bonds. The van der Waals surface area contributed by atoms with Gasteiger partial charge in [0.1, 0.15) is 18.2 Å². The van der Waals surface area contributed by atoms with Crippen molar-refractivity contribution in [2.75, 3.05) is 37.0 Å². The smallest absolute Gasteiger partial charge is 0.158 e. The van der Waals surface area contributed by atoms with Crippen molar-refractivity contribution in [3.63, 3.8) is 0 Å². The zero-order valence-electron chi connectivity index (χ0n) is 13.1. The van der Waals surface area contributed by atoms with Gasteiger partial charge in [-0.1, -0.05) is 13.8 Å². The third-order valence-corrected chi connectivity index (χ3v) is 3.83. The predicted octanol–water partition coefficient (Wildman–Crippen LogP) is 2.68. The number of hydrogen-bond donors (Lipinski definition) is 1. The number of nitrogens with zero attached hydrogens (tertiary/aromatic N) is 3. The first-order chi connectivity index (χ1) is 9.54. The van der Waals surface area contributed by atoms with Crippen LogP contribution in [0.25, 0.3) is 0 Å². The van der Waals surface area contributed by atoms with Crippen LogP contribution in [0.2, 0.25) is 0 Å². The molecule has 0 bridgehead atoms. The summed E-state index contributed by atoms with van der Waals surface area (Å²) in [7, 11) is 1.67. The standard InChI is InChI=1S/C15H26N4O/c1-5-16-12-10-14(18-13(17-12)11-20-4)19-8-6-15(2,3)7-9-19/h10H,5-9,11H2,1-4H3,(H,16,17,18). The van der Waals surface area contributed by atoms with Crippen LogP contribution in [0.3, 0.4) is 0 Å². The SMILES string of the molecule is CCNc1cc(N2CCC(C)(C)CC2)nc(COC)n1. The zero-order valence-corrected chi connectivity index (χ0v) is 13.1. The Hall–Kier alpha value is -1.36. The van der Waals surface area contributed by atoms with Gasteiger partial charge in [0.25, 0.3) is 0 Å². The van der Waals surface area contributed by atoms with Crippen molar-refractivity contribution >= 4 is 11.6 Å². The maximum absolute atomic E-state index is 5.17. The monoisotopic (exact) mass is 278 g/mol. The quantitative estimate of drug-likeness (QED) is 0.897. The summed E-state index contributed by atoms with van der Waals surface area (Å²) in [5.41, 5.74) is 0.448. The Morgan fingerprint density at radius 3 is 2.60 bits per heavy atom. The number of rotatable bonds is 5. The molecule has 1 fully saturated rings. The molecule has 1 aliphatic rings. The first-order valence-electron chi connectivity index (χ1n) is 7.40. The van der Waals surface area contributed by atoms with Gasteiger partial charge in [0, 0.05) is 32.8 Å². The zero-order chi connectivity index (χ0) is 14.6. The summed E-state index contributed by atoms with van der Waals surface area (Å²) in [4.78, 5) is 11.4. The second-order valence-electron chi connectivity index (χ2n) is 6.14. The van der Waals surface area contributed by atoms with E-state index in [1.807, 2.05) is 6.07 Å². The molecule has 0 saturated carbocycles. The first-order valence-corrected chi connectivity index (χ1v) is 7.40. The molecule has 0 spiro atoms. The van der Waals surface area contributed by atoms with E-state index in [9.17, 15) is 0 Å². The van der Waals surface area contributed by atoms with Gasteiger partial charge in [0.05, 0.1) is 0 Å². The Kier molecular flexibility index (Phi) is 4.81. The van der Waals surface area contributed by atoms with E-state index in [-0.39, 0.29) is 0 Å². The highest BCUT2D eigenvalue weighted by molar-refractivity contribution is 5.49. The molecule has 0 radical (unpaired) electrons. The second-order valence-corrected chi connectivity index (χ2v) is 6.14. The topological polar surface area (TPSA) is 50.3 Å².